The number of carbonyl (C=O) groups is 1. The molecule has 14 heavy (non-hydrogen) atoms. The molecule has 1 aromatic rings. The zero-order chi connectivity index (χ0) is 10.6. The lowest BCUT2D eigenvalue weighted by molar-refractivity contribution is -0.125. The zero-order valence-corrected chi connectivity index (χ0v) is 9.77. The van der Waals surface area contributed by atoms with E-state index in [0.717, 1.165) is 9.35 Å². The van der Waals surface area contributed by atoms with E-state index in [4.69, 9.17) is 10.8 Å². The third-order valence-electron chi connectivity index (χ3n) is 1.64. The summed E-state index contributed by atoms with van der Waals surface area (Å²) in [4.78, 5) is 11.6. The largest absolute Gasteiger partial charge is 0.382 e. The van der Waals surface area contributed by atoms with Crippen LogP contribution in [0.4, 0.5) is 0 Å². The lowest BCUT2D eigenvalue weighted by atomic mass is 10.3. The van der Waals surface area contributed by atoms with Crippen LogP contribution in [0, 0.1) is 0 Å². The zero-order valence-electron chi connectivity index (χ0n) is 7.37. The summed E-state index contributed by atoms with van der Waals surface area (Å²) >= 11 is 4.98. The molecule has 0 bridgehead atoms. The summed E-state index contributed by atoms with van der Waals surface area (Å²) in [6.07, 6.45) is -1.12. The van der Waals surface area contributed by atoms with Gasteiger partial charge >= 0.3 is 0 Å². The van der Waals surface area contributed by atoms with Crippen molar-refractivity contribution >= 4 is 33.2 Å². The van der Waals surface area contributed by atoms with Crippen molar-refractivity contribution < 1.29 is 9.90 Å². The highest BCUT2D eigenvalue weighted by Crippen LogP contribution is 2.21. The number of hydrogen-bond acceptors (Lipinski definition) is 4. The second-order valence-electron chi connectivity index (χ2n) is 2.74. The van der Waals surface area contributed by atoms with Crippen LogP contribution in [0.2, 0.25) is 0 Å². The van der Waals surface area contributed by atoms with Crippen LogP contribution >= 0.6 is 27.3 Å². The van der Waals surface area contributed by atoms with Crippen LogP contribution in [0.3, 0.4) is 0 Å². The van der Waals surface area contributed by atoms with Gasteiger partial charge in [0.05, 0.1) is 0 Å². The van der Waals surface area contributed by atoms with Gasteiger partial charge in [-0.2, -0.15) is 0 Å². The Bertz CT molecular complexity index is 316. The number of primary amides is 1. The van der Waals surface area contributed by atoms with Gasteiger partial charge in [-0.3, -0.25) is 4.79 Å². The summed E-state index contributed by atoms with van der Waals surface area (Å²) in [6, 6.07) is 1.95. The Morgan fingerprint density at radius 3 is 3.00 bits per heavy atom. The van der Waals surface area contributed by atoms with Gasteiger partial charge in [0.1, 0.15) is 6.10 Å². The number of rotatable bonds is 5. The van der Waals surface area contributed by atoms with Gasteiger partial charge < -0.3 is 16.2 Å². The normalized spacial score (nSPS) is 12.7. The van der Waals surface area contributed by atoms with Gasteiger partial charge in [-0.1, -0.05) is 0 Å². The first-order chi connectivity index (χ1) is 6.61. The minimum atomic E-state index is -1.12. The van der Waals surface area contributed by atoms with Crippen LogP contribution in [0.5, 0.6) is 0 Å². The second kappa shape index (κ2) is 5.45. The van der Waals surface area contributed by atoms with Crippen LogP contribution in [-0.4, -0.2) is 23.7 Å². The first kappa shape index (κ1) is 11.6. The molecule has 0 aliphatic carbocycles. The highest BCUT2D eigenvalue weighted by atomic mass is 79.9. The lowest BCUT2D eigenvalue weighted by Crippen LogP contribution is -2.37. The molecule has 78 valence electrons. The summed E-state index contributed by atoms with van der Waals surface area (Å²) in [6.45, 7) is 0.794. The molecule has 0 radical (unpaired) electrons. The van der Waals surface area contributed by atoms with E-state index in [9.17, 15) is 4.79 Å². The van der Waals surface area contributed by atoms with Crippen LogP contribution in [0.15, 0.2) is 15.9 Å². The summed E-state index contributed by atoms with van der Waals surface area (Å²) in [5, 5.41) is 14.0. The van der Waals surface area contributed by atoms with E-state index in [0.29, 0.717) is 6.54 Å². The van der Waals surface area contributed by atoms with Crippen molar-refractivity contribution in [3.05, 3.63) is 20.8 Å². The summed E-state index contributed by atoms with van der Waals surface area (Å²) < 4.78 is 1.03. The standard InChI is InChI=1S/C8H11BrN2O2S/c9-5-1-2-14-7(5)4-11-3-6(12)8(10)13/h1-2,6,11-12H,3-4H2,(H2,10,13). The molecule has 1 unspecified atom stereocenters. The molecule has 0 aromatic carbocycles. The SMILES string of the molecule is NC(=O)C(O)CNCc1sccc1Br. The molecule has 0 saturated carbocycles. The molecular formula is C8H11BrN2O2S. The maximum atomic E-state index is 10.5. The van der Waals surface area contributed by atoms with Crippen molar-refractivity contribution in [2.24, 2.45) is 5.73 Å². The molecule has 0 spiro atoms. The van der Waals surface area contributed by atoms with Gasteiger partial charge in [0, 0.05) is 22.4 Å². The van der Waals surface area contributed by atoms with E-state index in [-0.39, 0.29) is 6.54 Å². The van der Waals surface area contributed by atoms with Crippen LogP contribution < -0.4 is 11.1 Å². The Morgan fingerprint density at radius 2 is 2.50 bits per heavy atom. The summed E-state index contributed by atoms with van der Waals surface area (Å²) in [5.41, 5.74) is 4.89. The van der Waals surface area contributed by atoms with Crippen LogP contribution in [0.1, 0.15) is 4.88 Å². The van der Waals surface area contributed by atoms with Crippen LogP contribution in [-0.2, 0) is 11.3 Å². The van der Waals surface area contributed by atoms with Crippen molar-refractivity contribution in [1.82, 2.24) is 5.32 Å². The van der Waals surface area contributed by atoms with Crippen molar-refractivity contribution in [3.8, 4) is 0 Å². The minimum absolute atomic E-state index is 0.180. The topological polar surface area (TPSA) is 75.4 Å². The van der Waals surface area contributed by atoms with Crippen LogP contribution in [0.25, 0.3) is 0 Å². The minimum Gasteiger partial charge on any atom is -0.382 e. The number of carbonyl (C=O) groups excluding carboxylic acids is 1. The molecule has 1 aromatic heterocycles. The predicted molar refractivity (Wildman–Crippen MR) is 58.9 cm³/mol. The Labute approximate surface area is 94.2 Å². The van der Waals surface area contributed by atoms with Crippen molar-refractivity contribution in [2.75, 3.05) is 6.54 Å². The molecule has 1 heterocycles. The molecule has 1 rings (SSSR count). The Morgan fingerprint density at radius 1 is 1.79 bits per heavy atom. The molecule has 1 amide bonds. The summed E-state index contributed by atoms with van der Waals surface area (Å²) in [5.74, 6) is -0.706. The number of amides is 1. The lowest BCUT2D eigenvalue weighted by Gasteiger charge is -2.07. The second-order valence-corrected chi connectivity index (χ2v) is 4.60. The molecular weight excluding hydrogens is 268 g/mol. The number of hydrogen-bond donors (Lipinski definition) is 3. The fraction of sp³-hybridized carbons (Fsp3) is 0.375. The number of halogens is 1. The van der Waals surface area contributed by atoms with E-state index in [1.165, 1.54) is 0 Å². The Hall–Kier alpha value is -0.430. The smallest absolute Gasteiger partial charge is 0.247 e. The fourth-order valence-electron chi connectivity index (χ4n) is 0.874. The Kier molecular flexibility index (Phi) is 4.53. The molecule has 4 nitrogen and oxygen atoms in total. The molecule has 0 aliphatic heterocycles. The third kappa shape index (κ3) is 3.38. The molecule has 6 heteroatoms. The number of aliphatic hydroxyl groups excluding tert-OH is 1. The predicted octanol–water partition coefficient (Wildman–Crippen LogP) is 0.446. The highest BCUT2D eigenvalue weighted by molar-refractivity contribution is 9.10. The molecule has 1 atom stereocenters. The van der Waals surface area contributed by atoms with Gasteiger partial charge in [-0.15, -0.1) is 11.3 Å². The van der Waals surface area contributed by atoms with Gasteiger partial charge in [-0.05, 0) is 27.4 Å². The monoisotopic (exact) mass is 278 g/mol. The van der Waals surface area contributed by atoms with E-state index in [2.05, 4.69) is 21.2 Å². The molecule has 4 N–H and O–H groups in total. The number of nitrogens with two attached hydrogens (primary N) is 1. The molecule has 0 saturated heterocycles. The van der Waals surface area contributed by atoms with Gasteiger partial charge in [0.2, 0.25) is 5.91 Å². The quantitative estimate of drug-likeness (QED) is 0.732. The van der Waals surface area contributed by atoms with Crippen molar-refractivity contribution in [1.29, 1.82) is 0 Å². The average Bonchev–Trinajstić information content (AvgIpc) is 2.51. The first-order valence-electron chi connectivity index (χ1n) is 4.01. The van der Waals surface area contributed by atoms with E-state index < -0.39 is 12.0 Å². The van der Waals surface area contributed by atoms with Crippen molar-refractivity contribution in [2.45, 2.75) is 12.6 Å². The Balaban J connectivity index is 2.29. The maximum Gasteiger partial charge on any atom is 0.247 e. The van der Waals surface area contributed by atoms with Crippen molar-refractivity contribution in [3.63, 3.8) is 0 Å². The average molecular weight is 279 g/mol. The third-order valence-corrected chi connectivity index (χ3v) is 3.57. The fourth-order valence-corrected chi connectivity index (χ4v) is 2.34. The van der Waals surface area contributed by atoms with Gasteiger partial charge in [-0.25, -0.2) is 0 Å². The molecule has 0 aliphatic rings. The van der Waals surface area contributed by atoms with E-state index in [1.54, 1.807) is 11.3 Å². The molecule has 0 fully saturated rings. The highest BCUT2D eigenvalue weighted by Gasteiger charge is 2.10. The maximum absolute atomic E-state index is 10.5. The van der Waals surface area contributed by atoms with Gasteiger partial charge in [0.15, 0.2) is 0 Å². The number of thiophene rings is 1. The van der Waals surface area contributed by atoms with Gasteiger partial charge in [0.25, 0.3) is 0 Å². The first-order valence-corrected chi connectivity index (χ1v) is 5.68. The number of nitrogens with one attached hydrogen (secondary N) is 1. The van der Waals surface area contributed by atoms with E-state index >= 15 is 0 Å². The summed E-state index contributed by atoms with van der Waals surface area (Å²) in [7, 11) is 0. The number of aliphatic hydroxyl groups is 1. The van der Waals surface area contributed by atoms with E-state index in [1.807, 2.05) is 11.4 Å².